The Hall–Kier alpha value is -0.0100. The molecule has 3 N–H and O–H groups in total. The summed E-state index contributed by atoms with van der Waals surface area (Å²) in [5, 5.41) is 17.4. The van der Waals surface area contributed by atoms with E-state index >= 15 is 0 Å². The van der Waals surface area contributed by atoms with E-state index in [9.17, 15) is 4.57 Å². The number of hydrogen-bond acceptors (Lipinski definition) is 6. The van der Waals surface area contributed by atoms with Gasteiger partial charge >= 0.3 is 13.8 Å². The number of rotatable bonds is 0. The number of phosphoric acid groups is 1. The first-order valence-corrected chi connectivity index (χ1v) is 4.20. The minimum absolute atomic E-state index is 0.333. The van der Waals surface area contributed by atoms with E-state index in [4.69, 9.17) is 15.1 Å². The molecule has 1 aliphatic rings. The van der Waals surface area contributed by atoms with Crippen molar-refractivity contribution in [3.05, 3.63) is 0 Å². The fourth-order valence-electron chi connectivity index (χ4n) is 0.464. The van der Waals surface area contributed by atoms with Crippen molar-refractivity contribution in [2.45, 2.75) is 12.4 Å². The quantitative estimate of drug-likeness (QED) is 0.255. The first-order valence-electron chi connectivity index (χ1n) is 2.71. The molecule has 0 radical (unpaired) electrons. The minimum Gasteiger partial charge on any atom is -0.342 e. The van der Waals surface area contributed by atoms with Gasteiger partial charge < -0.3 is 15.1 Å². The smallest absolute Gasteiger partial charge is 0.342 e. The minimum atomic E-state index is -4.25. The monoisotopic (exact) mass is 186 g/mol. The molecule has 0 aromatic carbocycles. The molecule has 0 saturated carbocycles. The molecule has 66 valence electrons. The maximum Gasteiger partial charge on any atom is 0.499 e. The number of hydrogen-bond donors (Lipinski definition) is 3. The molecule has 1 saturated heterocycles. The van der Waals surface area contributed by atoms with Gasteiger partial charge in [0.15, 0.2) is 0 Å². The molecule has 1 rings (SSSR count). The van der Waals surface area contributed by atoms with Crippen LogP contribution in [0.2, 0.25) is 0 Å². The standard InChI is InChI=1S/C3H7O7P/c4-3(5)1-2-8-11(6,7)10-9-3/h4-5H,1-2H2,(H,6,7). The highest BCUT2D eigenvalue weighted by Crippen LogP contribution is 2.46. The largest absolute Gasteiger partial charge is 0.499 e. The van der Waals surface area contributed by atoms with Gasteiger partial charge in [0.1, 0.15) is 0 Å². The molecule has 1 unspecified atom stereocenters. The van der Waals surface area contributed by atoms with Gasteiger partial charge in [0.25, 0.3) is 0 Å². The summed E-state index contributed by atoms with van der Waals surface area (Å²) in [6, 6.07) is 0. The van der Waals surface area contributed by atoms with Crippen LogP contribution in [0, 0.1) is 0 Å². The second-order valence-corrected chi connectivity index (χ2v) is 3.30. The Bertz CT molecular complexity index is 188. The molecule has 0 aromatic rings. The fourth-order valence-corrected chi connectivity index (χ4v) is 1.04. The van der Waals surface area contributed by atoms with Crippen LogP contribution < -0.4 is 0 Å². The van der Waals surface area contributed by atoms with Gasteiger partial charge in [-0.05, 0) is 0 Å². The molecule has 1 atom stereocenters. The van der Waals surface area contributed by atoms with Crippen LogP contribution in [0.3, 0.4) is 0 Å². The highest BCUT2D eigenvalue weighted by molar-refractivity contribution is 7.47. The van der Waals surface area contributed by atoms with Crippen molar-refractivity contribution in [2.75, 3.05) is 6.61 Å². The molecule has 0 bridgehead atoms. The molecule has 0 spiro atoms. The van der Waals surface area contributed by atoms with Crippen molar-refractivity contribution in [1.29, 1.82) is 0 Å². The second-order valence-electron chi connectivity index (χ2n) is 1.95. The van der Waals surface area contributed by atoms with Crippen molar-refractivity contribution >= 4 is 7.82 Å². The molecule has 0 amide bonds. The van der Waals surface area contributed by atoms with Gasteiger partial charge in [-0.2, -0.15) is 4.89 Å². The molecular formula is C3H7O7P. The van der Waals surface area contributed by atoms with Crippen LogP contribution in [0.25, 0.3) is 0 Å². The summed E-state index contributed by atoms with van der Waals surface area (Å²) in [6.07, 6.45) is -0.364. The summed E-state index contributed by atoms with van der Waals surface area (Å²) in [5.41, 5.74) is 0. The van der Waals surface area contributed by atoms with Gasteiger partial charge in [-0.15, -0.1) is 4.67 Å². The van der Waals surface area contributed by atoms with Gasteiger partial charge in [0.05, 0.1) is 13.0 Å². The van der Waals surface area contributed by atoms with E-state index in [0.717, 1.165) is 0 Å². The van der Waals surface area contributed by atoms with E-state index in [1.165, 1.54) is 0 Å². The van der Waals surface area contributed by atoms with E-state index in [1.807, 2.05) is 0 Å². The average molecular weight is 186 g/mol. The van der Waals surface area contributed by atoms with E-state index in [-0.39, 0.29) is 13.0 Å². The van der Waals surface area contributed by atoms with E-state index in [1.54, 1.807) is 0 Å². The van der Waals surface area contributed by atoms with Gasteiger partial charge in [0.2, 0.25) is 0 Å². The third-order valence-corrected chi connectivity index (χ3v) is 1.72. The van der Waals surface area contributed by atoms with Crippen LogP contribution in [0.5, 0.6) is 0 Å². The summed E-state index contributed by atoms with van der Waals surface area (Å²) in [7, 11) is -4.25. The van der Waals surface area contributed by atoms with Gasteiger partial charge in [0, 0.05) is 0 Å². The van der Waals surface area contributed by atoms with Crippen LogP contribution in [0.4, 0.5) is 0 Å². The average Bonchev–Trinajstić information content (AvgIpc) is 1.92. The van der Waals surface area contributed by atoms with Crippen LogP contribution in [0.15, 0.2) is 0 Å². The molecule has 0 aliphatic carbocycles. The van der Waals surface area contributed by atoms with E-state index < -0.39 is 13.8 Å². The predicted molar refractivity (Wildman–Crippen MR) is 29.7 cm³/mol. The maximum absolute atomic E-state index is 10.5. The Morgan fingerprint density at radius 1 is 1.45 bits per heavy atom. The lowest BCUT2D eigenvalue weighted by Crippen LogP contribution is -2.30. The van der Waals surface area contributed by atoms with Crippen LogP contribution in [0.1, 0.15) is 6.42 Å². The van der Waals surface area contributed by atoms with Gasteiger partial charge in [-0.1, -0.05) is 0 Å². The summed E-state index contributed by atoms with van der Waals surface area (Å²) in [5.74, 6) is -2.56. The van der Waals surface area contributed by atoms with Crippen LogP contribution in [-0.4, -0.2) is 27.7 Å². The first kappa shape index (κ1) is 9.08. The SMILES string of the molecule is O=P1(O)OCCC(O)(O)OO1. The Morgan fingerprint density at radius 3 is 2.73 bits per heavy atom. The molecule has 1 heterocycles. The lowest BCUT2D eigenvalue weighted by atomic mass is 10.4. The molecule has 7 nitrogen and oxygen atoms in total. The van der Waals surface area contributed by atoms with Crippen molar-refractivity contribution in [1.82, 2.24) is 0 Å². The summed E-state index contributed by atoms with van der Waals surface area (Å²) >= 11 is 0. The molecule has 1 fully saturated rings. The summed E-state index contributed by atoms with van der Waals surface area (Å²) in [6.45, 7) is -0.333. The van der Waals surface area contributed by atoms with Crippen LogP contribution in [-0.2, 0) is 18.7 Å². The third kappa shape index (κ3) is 2.84. The topological polar surface area (TPSA) is 105 Å². The zero-order valence-corrected chi connectivity index (χ0v) is 6.23. The number of aliphatic hydroxyl groups is 2. The van der Waals surface area contributed by atoms with Crippen molar-refractivity contribution in [2.24, 2.45) is 0 Å². The summed E-state index contributed by atoms with van der Waals surface area (Å²) in [4.78, 5) is 12.3. The molecule has 11 heavy (non-hydrogen) atoms. The second kappa shape index (κ2) is 2.80. The van der Waals surface area contributed by atoms with E-state index in [2.05, 4.69) is 14.1 Å². The Labute approximate surface area is 61.7 Å². The Morgan fingerprint density at radius 2 is 2.09 bits per heavy atom. The zero-order chi connectivity index (χ0) is 8.54. The van der Waals surface area contributed by atoms with Crippen molar-refractivity contribution in [3.8, 4) is 0 Å². The Balaban J connectivity index is 2.60. The molecule has 1 aliphatic heterocycles. The third-order valence-electron chi connectivity index (χ3n) is 0.947. The highest BCUT2D eigenvalue weighted by Gasteiger charge is 2.36. The number of phosphoric ester groups is 1. The Kier molecular flexibility index (Phi) is 2.31. The van der Waals surface area contributed by atoms with Crippen molar-refractivity contribution < 1.29 is 33.8 Å². The lowest BCUT2D eigenvalue weighted by Gasteiger charge is -2.14. The maximum atomic E-state index is 10.5. The van der Waals surface area contributed by atoms with Crippen LogP contribution >= 0.6 is 7.82 Å². The van der Waals surface area contributed by atoms with Gasteiger partial charge in [-0.25, -0.2) is 4.57 Å². The molecular weight excluding hydrogens is 179 g/mol. The molecule has 0 aromatic heterocycles. The zero-order valence-electron chi connectivity index (χ0n) is 5.34. The normalized spacial score (nSPS) is 38.1. The highest BCUT2D eigenvalue weighted by atomic mass is 31.2. The lowest BCUT2D eigenvalue weighted by molar-refractivity contribution is -0.451. The fraction of sp³-hybridized carbons (Fsp3) is 1.00. The van der Waals surface area contributed by atoms with E-state index in [0.29, 0.717) is 0 Å². The van der Waals surface area contributed by atoms with Crippen molar-refractivity contribution in [3.63, 3.8) is 0 Å². The predicted octanol–water partition coefficient (Wildman–Crippen LogP) is -0.906. The molecule has 8 heteroatoms. The first-order chi connectivity index (χ1) is 4.91. The summed E-state index contributed by atoms with van der Waals surface area (Å²) < 4.78 is 18.4. The van der Waals surface area contributed by atoms with Gasteiger partial charge in [-0.3, -0.25) is 4.52 Å².